The zero-order valence-corrected chi connectivity index (χ0v) is 17.1. The van der Waals surface area contributed by atoms with E-state index in [4.69, 9.17) is 4.74 Å². The van der Waals surface area contributed by atoms with Gasteiger partial charge in [0, 0.05) is 38.3 Å². The number of rotatable bonds is 6. The van der Waals surface area contributed by atoms with Crippen molar-refractivity contribution in [1.82, 2.24) is 19.2 Å². The number of hydrogen-bond acceptors (Lipinski definition) is 7. The Bertz CT molecular complexity index is 786. The van der Waals surface area contributed by atoms with E-state index in [1.165, 1.54) is 4.31 Å². The highest BCUT2D eigenvalue weighted by atomic mass is 79.9. The Labute approximate surface area is 166 Å². The normalized spacial score (nSPS) is 22.1. The van der Waals surface area contributed by atoms with Crippen LogP contribution in [0.2, 0.25) is 0 Å². The van der Waals surface area contributed by atoms with Crippen LogP contribution in [0.1, 0.15) is 32.1 Å². The Balaban J connectivity index is 1.58. The number of imide groups is 1. The van der Waals surface area contributed by atoms with Gasteiger partial charge < -0.3 is 4.74 Å². The summed E-state index contributed by atoms with van der Waals surface area (Å²) in [5, 5.41) is 0. The summed E-state index contributed by atoms with van der Waals surface area (Å²) in [5.41, 5.74) is 0. The van der Waals surface area contributed by atoms with Crippen molar-refractivity contribution < 1.29 is 22.7 Å². The fraction of sp³-hybridized carbons (Fsp3) is 0.625. The van der Waals surface area contributed by atoms with E-state index in [0.717, 1.165) is 9.37 Å². The third-order valence-electron chi connectivity index (χ3n) is 4.56. The lowest BCUT2D eigenvalue weighted by Crippen LogP contribution is -2.48. The second-order valence-electron chi connectivity index (χ2n) is 6.53. The molecule has 0 aromatic carbocycles. The molecule has 148 valence electrons. The van der Waals surface area contributed by atoms with Gasteiger partial charge in [-0.2, -0.15) is 4.31 Å². The van der Waals surface area contributed by atoms with E-state index in [0.29, 0.717) is 38.6 Å². The number of carbonyl (C=O) groups is 2. The molecule has 0 bridgehead atoms. The molecule has 0 spiro atoms. The van der Waals surface area contributed by atoms with Crippen molar-refractivity contribution in [3.8, 4) is 6.01 Å². The maximum atomic E-state index is 12.7. The zero-order chi connectivity index (χ0) is 19.4. The van der Waals surface area contributed by atoms with Gasteiger partial charge in [0.15, 0.2) is 0 Å². The molecule has 2 aliphatic heterocycles. The van der Waals surface area contributed by atoms with Crippen LogP contribution < -0.4 is 4.74 Å². The van der Waals surface area contributed by atoms with Crippen molar-refractivity contribution in [1.29, 1.82) is 0 Å². The summed E-state index contributed by atoms with van der Waals surface area (Å²) in [6.45, 7) is 0.493. The number of amides is 2. The lowest BCUT2D eigenvalue weighted by molar-refractivity contribution is -0.147. The summed E-state index contributed by atoms with van der Waals surface area (Å²) in [7, 11) is -3.60. The van der Waals surface area contributed by atoms with Crippen LogP contribution in [0.3, 0.4) is 0 Å². The molecule has 0 saturated carbocycles. The first-order valence-electron chi connectivity index (χ1n) is 8.80. The first-order valence-corrected chi connectivity index (χ1v) is 11.2. The molecule has 1 atom stereocenters. The summed E-state index contributed by atoms with van der Waals surface area (Å²) in [5.74, 6) is -0.867. The zero-order valence-electron chi connectivity index (χ0n) is 14.7. The molecular formula is C16H21BrN4O5S. The third-order valence-corrected chi connectivity index (χ3v) is 6.79. The number of piperidine rings is 2. The molecule has 2 amide bonds. The quantitative estimate of drug-likeness (QED) is 0.581. The minimum atomic E-state index is -3.60. The number of sulfonamides is 1. The largest absolute Gasteiger partial charge is 0.459 e. The Hall–Kier alpha value is -1.59. The van der Waals surface area contributed by atoms with Gasteiger partial charge in [0.2, 0.25) is 21.8 Å². The number of likely N-dealkylation sites (tertiary alicyclic amines) is 1. The van der Waals surface area contributed by atoms with Crippen LogP contribution in [0.5, 0.6) is 6.01 Å². The summed E-state index contributed by atoms with van der Waals surface area (Å²) < 4.78 is 33.1. The number of nitrogens with zero attached hydrogens (tertiary/aromatic N) is 4. The van der Waals surface area contributed by atoms with E-state index in [1.54, 1.807) is 12.4 Å². The predicted octanol–water partition coefficient (Wildman–Crippen LogP) is 0.951. The highest BCUT2D eigenvalue weighted by Crippen LogP contribution is 2.19. The van der Waals surface area contributed by atoms with Gasteiger partial charge >= 0.3 is 6.01 Å². The van der Waals surface area contributed by atoms with Crippen LogP contribution in [0.15, 0.2) is 16.9 Å². The average molecular weight is 461 g/mol. The summed E-state index contributed by atoms with van der Waals surface area (Å²) in [4.78, 5) is 32.8. The first kappa shape index (κ1) is 20.2. The third kappa shape index (κ3) is 5.23. The van der Waals surface area contributed by atoms with Crippen LogP contribution in [-0.2, 0) is 19.6 Å². The van der Waals surface area contributed by atoms with E-state index >= 15 is 0 Å². The van der Waals surface area contributed by atoms with Crippen LogP contribution in [0.4, 0.5) is 0 Å². The van der Waals surface area contributed by atoms with Gasteiger partial charge in [-0.05, 0) is 35.2 Å². The van der Waals surface area contributed by atoms with Crippen LogP contribution >= 0.6 is 15.9 Å². The summed E-state index contributed by atoms with van der Waals surface area (Å²) >= 11 is 3.24. The molecule has 2 saturated heterocycles. The minimum absolute atomic E-state index is 0.0994. The molecule has 0 aliphatic carbocycles. The van der Waals surface area contributed by atoms with Gasteiger partial charge in [-0.25, -0.2) is 18.4 Å². The smallest absolute Gasteiger partial charge is 0.316 e. The molecule has 2 aliphatic rings. The Kier molecular flexibility index (Phi) is 6.43. The second-order valence-corrected chi connectivity index (χ2v) is 9.54. The lowest BCUT2D eigenvalue weighted by atomic mass is 10.1. The Morgan fingerprint density at radius 3 is 2.48 bits per heavy atom. The van der Waals surface area contributed by atoms with E-state index in [-0.39, 0.29) is 42.8 Å². The Morgan fingerprint density at radius 1 is 1.15 bits per heavy atom. The standard InChI is InChI=1S/C16H21BrN4O5S/c17-12-9-18-16(19-10-12)26-13-3-2-6-20(11-13)27(24,25)8-7-21-14(22)4-1-5-15(21)23/h9-10,13H,1-8,11H2. The van der Waals surface area contributed by atoms with E-state index in [9.17, 15) is 18.0 Å². The molecule has 1 aromatic heterocycles. The number of aromatic nitrogens is 2. The van der Waals surface area contributed by atoms with Gasteiger partial charge in [0.05, 0.1) is 16.8 Å². The highest BCUT2D eigenvalue weighted by Gasteiger charge is 2.32. The summed E-state index contributed by atoms with van der Waals surface area (Å²) in [6, 6.07) is 0.201. The van der Waals surface area contributed by atoms with Crippen molar-refractivity contribution in [2.75, 3.05) is 25.4 Å². The number of ether oxygens (including phenoxy) is 1. The van der Waals surface area contributed by atoms with Crippen LogP contribution in [-0.4, -0.2) is 70.9 Å². The van der Waals surface area contributed by atoms with Gasteiger partial charge in [-0.1, -0.05) is 0 Å². The van der Waals surface area contributed by atoms with Crippen molar-refractivity contribution in [3.63, 3.8) is 0 Å². The number of carbonyl (C=O) groups excluding carboxylic acids is 2. The molecule has 0 N–H and O–H groups in total. The number of hydrogen-bond donors (Lipinski definition) is 0. The second kappa shape index (κ2) is 8.61. The van der Waals surface area contributed by atoms with Crippen LogP contribution in [0, 0.1) is 0 Å². The molecule has 11 heteroatoms. The predicted molar refractivity (Wildman–Crippen MR) is 99.3 cm³/mol. The van der Waals surface area contributed by atoms with Gasteiger partial charge in [-0.3, -0.25) is 14.5 Å². The molecule has 0 radical (unpaired) electrons. The SMILES string of the molecule is O=C1CCCC(=O)N1CCS(=O)(=O)N1CCCC(Oc2ncc(Br)cn2)C1. The summed E-state index contributed by atoms with van der Waals surface area (Å²) in [6.07, 6.45) is 5.25. The monoisotopic (exact) mass is 460 g/mol. The van der Waals surface area contributed by atoms with Crippen LogP contribution in [0.25, 0.3) is 0 Å². The van der Waals surface area contributed by atoms with Gasteiger partial charge in [0.25, 0.3) is 0 Å². The highest BCUT2D eigenvalue weighted by molar-refractivity contribution is 9.10. The molecule has 3 heterocycles. The topological polar surface area (TPSA) is 110 Å². The van der Waals surface area contributed by atoms with E-state index in [1.807, 2.05) is 0 Å². The fourth-order valence-corrected chi connectivity index (χ4v) is 4.83. The van der Waals surface area contributed by atoms with Crippen molar-refractivity contribution >= 4 is 37.8 Å². The minimum Gasteiger partial charge on any atom is -0.459 e. The van der Waals surface area contributed by atoms with Gasteiger partial charge in [-0.15, -0.1) is 0 Å². The van der Waals surface area contributed by atoms with E-state index < -0.39 is 10.0 Å². The fourth-order valence-electron chi connectivity index (χ4n) is 3.15. The maximum Gasteiger partial charge on any atom is 0.316 e. The molecule has 1 unspecified atom stereocenters. The first-order chi connectivity index (χ1) is 12.8. The molecule has 1 aromatic rings. The van der Waals surface area contributed by atoms with E-state index in [2.05, 4.69) is 25.9 Å². The van der Waals surface area contributed by atoms with Gasteiger partial charge in [0.1, 0.15) is 6.10 Å². The molecule has 3 rings (SSSR count). The lowest BCUT2D eigenvalue weighted by Gasteiger charge is -2.32. The van der Waals surface area contributed by atoms with Crippen molar-refractivity contribution in [3.05, 3.63) is 16.9 Å². The maximum absolute atomic E-state index is 12.7. The average Bonchev–Trinajstić information content (AvgIpc) is 2.63. The van der Waals surface area contributed by atoms with Crippen molar-refractivity contribution in [2.45, 2.75) is 38.2 Å². The number of halogens is 1. The molecule has 9 nitrogen and oxygen atoms in total. The molecule has 2 fully saturated rings. The molecular weight excluding hydrogens is 440 g/mol. The van der Waals surface area contributed by atoms with Crippen molar-refractivity contribution in [2.24, 2.45) is 0 Å². The Morgan fingerprint density at radius 2 is 1.81 bits per heavy atom. The molecule has 27 heavy (non-hydrogen) atoms.